The van der Waals surface area contributed by atoms with Gasteiger partial charge in [0.25, 0.3) is 0 Å². The van der Waals surface area contributed by atoms with Crippen molar-refractivity contribution in [2.45, 2.75) is 32.1 Å². The van der Waals surface area contributed by atoms with Crippen LogP contribution in [0.4, 0.5) is 0 Å². The molecule has 0 amide bonds. The van der Waals surface area contributed by atoms with E-state index in [1.54, 1.807) is 7.11 Å². The number of methoxy groups -OCH3 is 1. The van der Waals surface area contributed by atoms with Crippen molar-refractivity contribution in [1.29, 1.82) is 0 Å². The highest BCUT2D eigenvalue weighted by Gasteiger charge is 2.39. The molecule has 3 atom stereocenters. The topological polar surface area (TPSA) is 44.5 Å². The Morgan fingerprint density at radius 3 is 2.76 bits per heavy atom. The number of nitrogens with two attached hydrogens (primary N) is 1. The quantitative estimate of drug-likeness (QED) is 0.872. The van der Waals surface area contributed by atoms with E-state index in [-0.39, 0.29) is 0 Å². The monoisotopic (exact) mass is 309 g/mol. The summed E-state index contributed by atoms with van der Waals surface area (Å²) in [5.41, 5.74) is 6.75. The van der Waals surface area contributed by atoms with Crippen LogP contribution in [0, 0.1) is 17.8 Å². The minimum absolute atomic E-state index is 0.577. The van der Waals surface area contributed by atoms with Crippen LogP contribution in [0.1, 0.15) is 31.2 Å². The van der Waals surface area contributed by atoms with E-state index < -0.39 is 0 Å². The molecule has 0 heterocycles. The standard InChI is InChI=1S/C17H24ClNO2/c1-20-16-9-15(18)8-13(4-5-19)17(16)21-10-14-7-11-2-3-12(14)6-11/h8-9,11-12,14H,2-7,10,19H2,1H3. The first-order chi connectivity index (χ1) is 10.2. The van der Waals surface area contributed by atoms with Gasteiger partial charge in [-0.1, -0.05) is 18.0 Å². The van der Waals surface area contributed by atoms with Crippen LogP contribution in [0.15, 0.2) is 12.1 Å². The lowest BCUT2D eigenvalue weighted by Gasteiger charge is -2.23. The Balaban J connectivity index is 1.73. The third kappa shape index (κ3) is 3.14. The van der Waals surface area contributed by atoms with Crippen LogP contribution in [0.5, 0.6) is 11.5 Å². The second kappa shape index (κ2) is 6.45. The molecule has 0 spiro atoms. The maximum atomic E-state index is 6.16. The molecule has 0 radical (unpaired) electrons. The molecule has 0 aromatic heterocycles. The molecule has 3 unspecified atom stereocenters. The lowest BCUT2D eigenvalue weighted by Crippen LogP contribution is -2.19. The van der Waals surface area contributed by atoms with Gasteiger partial charge >= 0.3 is 0 Å². The summed E-state index contributed by atoms with van der Waals surface area (Å²) in [6.45, 7) is 1.37. The Hall–Kier alpha value is -0.930. The zero-order valence-corrected chi connectivity index (χ0v) is 13.4. The largest absolute Gasteiger partial charge is 0.493 e. The summed E-state index contributed by atoms with van der Waals surface area (Å²) in [7, 11) is 1.66. The van der Waals surface area contributed by atoms with Gasteiger partial charge in [-0.2, -0.15) is 0 Å². The summed E-state index contributed by atoms with van der Waals surface area (Å²) in [6, 6.07) is 3.75. The molecule has 21 heavy (non-hydrogen) atoms. The van der Waals surface area contributed by atoms with E-state index in [0.29, 0.717) is 23.2 Å². The van der Waals surface area contributed by atoms with Crippen molar-refractivity contribution >= 4 is 11.6 Å². The minimum atomic E-state index is 0.577. The van der Waals surface area contributed by atoms with Gasteiger partial charge in [-0.25, -0.2) is 0 Å². The van der Waals surface area contributed by atoms with Gasteiger partial charge in [-0.05, 0) is 56.0 Å². The number of rotatable bonds is 6. The van der Waals surface area contributed by atoms with Crippen molar-refractivity contribution in [2.75, 3.05) is 20.3 Å². The third-order valence-corrected chi connectivity index (χ3v) is 5.27. The van der Waals surface area contributed by atoms with Gasteiger partial charge in [-0.3, -0.25) is 0 Å². The fourth-order valence-electron chi connectivity index (χ4n) is 4.05. The second-order valence-corrected chi connectivity index (χ2v) is 6.82. The highest BCUT2D eigenvalue weighted by atomic mass is 35.5. The Morgan fingerprint density at radius 1 is 1.29 bits per heavy atom. The Morgan fingerprint density at radius 2 is 2.14 bits per heavy atom. The summed E-state index contributed by atoms with van der Waals surface area (Å²) in [6.07, 6.45) is 6.28. The van der Waals surface area contributed by atoms with Crippen molar-refractivity contribution in [3.05, 3.63) is 22.7 Å². The normalized spacial score (nSPS) is 27.1. The number of hydrogen-bond donors (Lipinski definition) is 1. The van der Waals surface area contributed by atoms with Gasteiger partial charge in [0.2, 0.25) is 0 Å². The Bertz CT molecular complexity index is 506. The Labute approximate surface area is 131 Å². The smallest absolute Gasteiger partial charge is 0.164 e. The lowest BCUT2D eigenvalue weighted by molar-refractivity contribution is 0.188. The van der Waals surface area contributed by atoms with Crippen LogP contribution in [0.25, 0.3) is 0 Å². The fraction of sp³-hybridized carbons (Fsp3) is 0.647. The molecular weight excluding hydrogens is 286 g/mol. The van der Waals surface area contributed by atoms with Crippen LogP contribution < -0.4 is 15.2 Å². The molecule has 1 aromatic rings. The minimum Gasteiger partial charge on any atom is -0.493 e. The van der Waals surface area contributed by atoms with Crippen LogP contribution in [0.3, 0.4) is 0 Å². The summed E-state index contributed by atoms with van der Waals surface area (Å²) < 4.78 is 11.6. The average Bonchev–Trinajstić information content (AvgIpc) is 3.08. The molecule has 0 aliphatic heterocycles. The maximum absolute atomic E-state index is 6.16. The number of halogens is 1. The van der Waals surface area contributed by atoms with Gasteiger partial charge in [-0.15, -0.1) is 0 Å². The van der Waals surface area contributed by atoms with Crippen molar-refractivity contribution in [3.8, 4) is 11.5 Å². The molecule has 3 rings (SSSR count). The van der Waals surface area contributed by atoms with Crippen molar-refractivity contribution < 1.29 is 9.47 Å². The maximum Gasteiger partial charge on any atom is 0.164 e. The van der Waals surface area contributed by atoms with E-state index in [2.05, 4.69) is 0 Å². The van der Waals surface area contributed by atoms with Crippen LogP contribution in [-0.4, -0.2) is 20.3 Å². The van der Waals surface area contributed by atoms with E-state index in [9.17, 15) is 0 Å². The first-order valence-corrected chi connectivity index (χ1v) is 8.28. The van der Waals surface area contributed by atoms with E-state index in [1.807, 2.05) is 12.1 Å². The molecule has 2 N–H and O–H groups in total. The summed E-state index contributed by atoms with van der Waals surface area (Å²) in [4.78, 5) is 0. The number of fused-ring (bicyclic) bond motifs is 2. The molecular formula is C17H24ClNO2. The molecule has 3 nitrogen and oxygen atoms in total. The number of hydrogen-bond acceptors (Lipinski definition) is 3. The molecule has 2 aliphatic carbocycles. The van der Waals surface area contributed by atoms with Gasteiger partial charge in [0.1, 0.15) is 0 Å². The first kappa shape index (κ1) is 15.0. The van der Waals surface area contributed by atoms with E-state index >= 15 is 0 Å². The van der Waals surface area contributed by atoms with E-state index in [4.69, 9.17) is 26.8 Å². The average molecular weight is 310 g/mol. The van der Waals surface area contributed by atoms with E-state index in [1.165, 1.54) is 25.7 Å². The number of ether oxygens (including phenoxy) is 2. The molecule has 0 saturated heterocycles. The van der Waals surface area contributed by atoms with Crippen molar-refractivity contribution in [2.24, 2.45) is 23.5 Å². The van der Waals surface area contributed by atoms with Crippen LogP contribution in [0.2, 0.25) is 5.02 Å². The SMILES string of the molecule is COc1cc(Cl)cc(CCN)c1OCC1CC2CCC1C2. The molecule has 2 aliphatic rings. The first-order valence-electron chi connectivity index (χ1n) is 7.90. The zero-order chi connectivity index (χ0) is 14.8. The van der Waals surface area contributed by atoms with Crippen molar-refractivity contribution in [3.63, 3.8) is 0 Å². The molecule has 1 aromatic carbocycles. The highest BCUT2D eigenvalue weighted by molar-refractivity contribution is 6.30. The summed E-state index contributed by atoms with van der Waals surface area (Å²) >= 11 is 6.14. The molecule has 2 fully saturated rings. The summed E-state index contributed by atoms with van der Waals surface area (Å²) in [5.74, 6) is 4.06. The fourth-order valence-corrected chi connectivity index (χ4v) is 4.28. The van der Waals surface area contributed by atoms with Crippen LogP contribution in [-0.2, 0) is 6.42 Å². The van der Waals surface area contributed by atoms with Gasteiger partial charge < -0.3 is 15.2 Å². The lowest BCUT2D eigenvalue weighted by atomic mass is 9.89. The second-order valence-electron chi connectivity index (χ2n) is 6.38. The summed E-state index contributed by atoms with van der Waals surface area (Å²) in [5, 5.41) is 0.669. The van der Waals surface area contributed by atoms with Gasteiger partial charge in [0, 0.05) is 16.7 Å². The predicted octanol–water partition coefficient (Wildman–Crippen LogP) is 3.66. The van der Waals surface area contributed by atoms with Crippen molar-refractivity contribution in [1.82, 2.24) is 0 Å². The zero-order valence-electron chi connectivity index (χ0n) is 12.6. The van der Waals surface area contributed by atoms with Gasteiger partial charge in [0.15, 0.2) is 11.5 Å². The molecule has 2 bridgehead atoms. The van der Waals surface area contributed by atoms with E-state index in [0.717, 1.165) is 36.2 Å². The number of benzene rings is 1. The molecule has 116 valence electrons. The predicted molar refractivity (Wildman–Crippen MR) is 85.2 cm³/mol. The third-order valence-electron chi connectivity index (χ3n) is 5.06. The molecule has 2 saturated carbocycles. The Kier molecular flexibility index (Phi) is 4.60. The van der Waals surface area contributed by atoms with Crippen LogP contribution >= 0.6 is 11.6 Å². The molecule has 4 heteroatoms. The highest BCUT2D eigenvalue weighted by Crippen LogP contribution is 2.48. The van der Waals surface area contributed by atoms with Gasteiger partial charge in [0.05, 0.1) is 13.7 Å².